The molecule has 0 aliphatic carbocycles. The third-order valence-corrected chi connectivity index (χ3v) is 10.1. The summed E-state index contributed by atoms with van der Waals surface area (Å²) in [7, 11) is -7.53. The summed E-state index contributed by atoms with van der Waals surface area (Å²) in [5.41, 5.74) is 2.97. The lowest BCUT2D eigenvalue weighted by atomic mass is 9.83. The first-order valence-electron chi connectivity index (χ1n) is 12.0. The number of hydrogen-bond acceptors (Lipinski definition) is 7. The molecule has 0 atom stereocenters. The quantitative estimate of drug-likeness (QED) is 0.119. The van der Waals surface area contributed by atoms with E-state index in [2.05, 4.69) is 5.32 Å². The normalized spacial score (nSPS) is 20.5. The first kappa shape index (κ1) is 29.5. The molecule has 0 spiro atoms. The smallest absolute Gasteiger partial charge is 0.264 e. The lowest BCUT2D eigenvalue weighted by molar-refractivity contribution is -0.113. The fourth-order valence-corrected chi connectivity index (χ4v) is 7.13. The molecule has 39 heavy (non-hydrogen) atoms. The Morgan fingerprint density at radius 2 is 1.82 bits per heavy atom. The predicted molar refractivity (Wildman–Crippen MR) is 163 cm³/mol. The van der Waals surface area contributed by atoms with Crippen LogP contribution in [0.25, 0.3) is 0 Å². The van der Waals surface area contributed by atoms with Gasteiger partial charge in [0.1, 0.15) is 4.91 Å². The van der Waals surface area contributed by atoms with Crippen molar-refractivity contribution in [2.75, 3.05) is 26.9 Å². The molecule has 9 nitrogen and oxygen atoms in total. The maximum Gasteiger partial charge on any atom is 0.264 e. The molecule has 4 N–H and O–H groups in total. The Balaban J connectivity index is 1.67. The van der Waals surface area contributed by atoms with Gasteiger partial charge in [-0.05, 0) is 54.5 Å². The van der Waals surface area contributed by atoms with Crippen LogP contribution >= 0.6 is 33.2 Å². The number of carbonyl (C=O) groups is 2. The highest BCUT2D eigenvalue weighted by molar-refractivity contribution is 14.1. The lowest BCUT2D eigenvalue weighted by Crippen LogP contribution is -2.28. The Hall–Kier alpha value is -2.49. The summed E-state index contributed by atoms with van der Waals surface area (Å²) < 4.78 is 53.6. The maximum atomic E-state index is 12.8. The summed E-state index contributed by atoms with van der Waals surface area (Å²) in [6.07, 6.45) is 6.68. The number of ketones is 1. The van der Waals surface area contributed by atoms with Crippen molar-refractivity contribution in [1.29, 1.82) is 0 Å². The van der Waals surface area contributed by atoms with Crippen molar-refractivity contribution in [2.45, 2.75) is 30.6 Å². The van der Waals surface area contributed by atoms with Crippen molar-refractivity contribution in [3.8, 4) is 0 Å². The molecule has 0 unspecified atom stereocenters. The van der Waals surface area contributed by atoms with Crippen molar-refractivity contribution in [2.24, 2.45) is 0 Å². The number of halogens is 1. The molecule has 2 heterocycles. The van der Waals surface area contributed by atoms with Crippen LogP contribution in [0.5, 0.6) is 0 Å². The number of nitrogens with one attached hydrogen (secondary N) is 1. The van der Waals surface area contributed by atoms with Gasteiger partial charge in [0.15, 0.2) is 0 Å². The van der Waals surface area contributed by atoms with Gasteiger partial charge in [0.05, 0.1) is 15.1 Å². The number of benzene rings is 2. The van der Waals surface area contributed by atoms with E-state index in [1.54, 1.807) is 36.4 Å². The average molecular weight is 685 g/mol. The molecule has 12 heteroatoms. The molecule has 2 aromatic rings. The van der Waals surface area contributed by atoms with E-state index in [4.69, 9.17) is 0 Å². The van der Waals surface area contributed by atoms with E-state index in [0.717, 1.165) is 16.9 Å². The third kappa shape index (κ3) is 6.00. The van der Waals surface area contributed by atoms with Gasteiger partial charge in [-0.3, -0.25) is 23.2 Å². The first-order chi connectivity index (χ1) is 18.3. The highest BCUT2D eigenvalue weighted by Crippen LogP contribution is 2.62. The van der Waals surface area contributed by atoms with Crippen molar-refractivity contribution in [1.82, 2.24) is 0 Å². The number of alkyl halides is 1. The minimum Gasteiger partial charge on any atom is -0.344 e. The molecule has 1 amide bonds. The van der Waals surface area contributed by atoms with Gasteiger partial charge in [-0.1, -0.05) is 60.7 Å². The molecule has 208 valence electrons. The summed E-state index contributed by atoms with van der Waals surface area (Å²) in [5, 5.41) is 2.86. The topological polar surface area (TPSA) is 144 Å². The van der Waals surface area contributed by atoms with Crippen molar-refractivity contribution < 1.29 is 31.7 Å². The molecule has 0 radical (unpaired) electrons. The van der Waals surface area contributed by atoms with Crippen LogP contribution in [0, 0.1) is 0 Å². The molecule has 0 saturated carbocycles. The fourth-order valence-electron chi connectivity index (χ4n) is 4.84. The van der Waals surface area contributed by atoms with Gasteiger partial charge in [0, 0.05) is 34.6 Å². The summed E-state index contributed by atoms with van der Waals surface area (Å²) in [6.45, 7) is 4.32. The Bertz CT molecular complexity index is 1530. The van der Waals surface area contributed by atoms with Crippen LogP contribution in [-0.4, -0.2) is 50.5 Å². The van der Waals surface area contributed by atoms with E-state index in [0.29, 0.717) is 16.7 Å². The van der Waals surface area contributed by atoms with Gasteiger partial charge >= 0.3 is 0 Å². The van der Waals surface area contributed by atoms with Crippen LogP contribution < -0.4 is 10.2 Å². The van der Waals surface area contributed by atoms with Crippen molar-refractivity contribution >= 4 is 66.4 Å². The average Bonchev–Trinajstić information content (AvgIpc) is 3.19. The number of carbonyl (C=O) groups excluding carboxylic acids is 2. The van der Waals surface area contributed by atoms with Crippen LogP contribution in [0.4, 0.5) is 11.4 Å². The van der Waals surface area contributed by atoms with Crippen molar-refractivity contribution in [3.05, 3.63) is 88.5 Å². The first-order valence-corrected chi connectivity index (χ1v) is 16.7. The number of anilines is 2. The van der Waals surface area contributed by atoms with Crippen LogP contribution in [-0.2, 0) is 20.3 Å². The Labute approximate surface area is 242 Å². The summed E-state index contributed by atoms with van der Waals surface area (Å²) in [5.74, 6) is -0.944. The SMILES string of the molecule is CC1(C)C(=CC=CC=C2C(=O)c3ccccc3S2(O)O)N(CCCS(=O)(=O)O)c2ccc(NC(=O)CI)cc21. The van der Waals surface area contributed by atoms with E-state index >= 15 is 0 Å². The number of hydrogen-bond donors (Lipinski definition) is 4. The minimum absolute atomic E-state index is 0.0760. The largest absolute Gasteiger partial charge is 0.344 e. The predicted octanol–water partition coefficient (Wildman–Crippen LogP) is 5.77. The Morgan fingerprint density at radius 3 is 2.49 bits per heavy atom. The number of Topliss-reactive ketones (excluding diaryl/α,β-unsaturated/α-hetero) is 1. The van der Waals surface area contributed by atoms with E-state index in [1.165, 1.54) is 12.1 Å². The summed E-state index contributed by atoms with van der Waals surface area (Å²) in [4.78, 5) is 26.8. The minimum atomic E-state index is -4.12. The third-order valence-electron chi connectivity index (χ3n) is 6.66. The second-order valence-electron chi connectivity index (χ2n) is 9.67. The van der Waals surface area contributed by atoms with Gasteiger partial charge in [0.25, 0.3) is 10.1 Å². The van der Waals surface area contributed by atoms with Crippen LogP contribution in [0.15, 0.2) is 82.3 Å². The monoisotopic (exact) mass is 684 g/mol. The Morgan fingerprint density at radius 1 is 1.13 bits per heavy atom. The number of nitrogens with zero attached hydrogens (tertiary/aromatic N) is 1. The van der Waals surface area contributed by atoms with Crippen LogP contribution in [0.2, 0.25) is 0 Å². The maximum absolute atomic E-state index is 12.8. The lowest BCUT2D eigenvalue weighted by Gasteiger charge is -2.28. The van der Waals surface area contributed by atoms with Gasteiger partial charge in [-0.2, -0.15) is 8.42 Å². The van der Waals surface area contributed by atoms with Crippen LogP contribution in [0.1, 0.15) is 36.2 Å². The molecule has 2 aliphatic rings. The van der Waals surface area contributed by atoms with Crippen molar-refractivity contribution in [3.63, 3.8) is 0 Å². The highest BCUT2D eigenvalue weighted by atomic mass is 127. The number of allylic oxidation sites excluding steroid dienone is 6. The molecule has 2 aliphatic heterocycles. The zero-order valence-corrected chi connectivity index (χ0v) is 25.1. The highest BCUT2D eigenvalue weighted by Gasteiger charge is 2.40. The fraction of sp³-hybridized carbons (Fsp3) is 0.259. The van der Waals surface area contributed by atoms with Crippen LogP contribution in [0.3, 0.4) is 0 Å². The molecule has 0 bridgehead atoms. The standard InChI is InChI=1S/C27H29IN2O7S2/c1-27(2)20-16-18(29-25(31)17-28)12-13-21(20)30(14-7-15-38(33,34)35)24(27)11-6-5-10-23-26(32)19-8-3-4-9-22(19)39(23,36)37/h3-6,8-13,16,36-37H,7,14-15,17H2,1-2H3,(H,29,31)(H,33,34,35). The number of rotatable bonds is 8. The van der Waals surface area contributed by atoms with E-state index in [-0.39, 0.29) is 27.7 Å². The van der Waals surface area contributed by atoms with E-state index in [9.17, 15) is 31.7 Å². The zero-order chi connectivity index (χ0) is 28.6. The van der Waals surface area contributed by atoms with Gasteiger partial charge in [-0.15, -0.1) is 10.6 Å². The number of amides is 1. The molecular weight excluding hydrogens is 655 g/mol. The molecule has 0 aromatic heterocycles. The Kier molecular flexibility index (Phi) is 8.45. The van der Waals surface area contributed by atoms with Gasteiger partial charge in [0.2, 0.25) is 11.7 Å². The molecule has 4 rings (SSSR count). The second kappa shape index (κ2) is 11.2. The summed E-state index contributed by atoms with van der Waals surface area (Å²) in [6, 6.07) is 12.0. The van der Waals surface area contributed by atoms with E-state index in [1.807, 2.05) is 59.5 Å². The van der Waals surface area contributed by atoms with Gasteiger partial charge < -0.3 is 10.2 Å². The molecule has 0 fully saturated rings. The molecular formula is C27H29IN2O7S2. The van der Waals surface area contributed by atoms with Gasteiger partial charge in [-0.25, -0.2) is 0 Å². The molecule has 0 saturated heterocycles. The van der Waals surface area contributed by atoms with E-state index < -0.39 is 37.7 Å². The zero-order valence-electron chi connectivity index (χ0n) is 21.3. The second-order valence-corrected chi connectivity index (χ2v) is 14.0. The molecule has 2 aromatic carbocycles. The summed E-state index contributed by atoms with van der Waals surface area (Å²) >= 11 is 1.99. The number of fused-ring (bicyclic) bond motifs is 2.